The van der Waals surface area contributed by atoms with Crippen LogP contribution in [0.15, 0.2) is 18.7 Å². The van der Waals surface area contributed by atoms with E-state index in [0.29, 0.717) is 6.42 Å². The molecule has 1 N–H and O–H groups in total. The van der Waals surface area contributed by atoms with Gasteiger partial charge in [-0.05, 0) is 56.8 Å². The summed E-state index contributed by atoms with van der Waals surface area (Å²) in [6.07, 6.45) is 13.0. The van der Waals surface area contributed by atoms with Crippen molar-refractivity contribution in [2.75, 3.05) is 26.2 Å². The third-order valence-corrected chi connectivity index (χ3v) is 7.33. The molecule has 1 saturated carbocycles. The highest BCUT2D eigenvalue weighted by atomic mass is 16.3. The van der Waals surface area contributed by atoms with E-state index < -0.39 is 0 Å². The molecule has 1 aromatic rings. The highest BCUT2D eigenvalue weighted by Crippen LogP contribution is 2.41. The van der Waals surface area contributed by atoms with Gasteiger partial charge < -0.3 is 19.5 Å². The number of aromatic nitrogens is 2. The number of likely N-dealkylation sites (tertiary alicyclic amines) is 2. The topological polar surface area (TPSA) is 78.7 Å². The number of piperidine rings is 2. The largest absolute Gasteiger partial charge is 0.393 e. The van der Waals surface area contributed by atoms with Crippen LogP contribution in [0.25, 0.3) is 0 Å². The van der Waals surface area contributed by atoms with Gasteiger partial charge in [-0.25, -0.2) is 4.98 Å². The predicted molar refractivity (Wildman–Crippen MR) is 109 cm³/mol. The molecule has 4 rings (SSSR count). The van der Waals surface area contributed by atoms with E-state index in [2.05, 4.69) is 14.5 Å². The summed E-state index contributed by atoms with van der Waals surface area (Å²) in [5.74, 6) is 0.663. The maximum absolute atomic E-state index is 12.9. The number of aryl methyl sites for hydroxylation is 1. The first kappa shape index (κ1) is 20.4. The van der Waals surface area contributed by atoms with Crippen LogP contribution in [0.5, 0.6) is 0 Å². The standard InChI is InChI=1S/C22H34N4O3/c27-19-4-2-18(3-5-19)21(29)25-13-8-22(9-14-25)7-6-20(28)26(16-22)12-1-11-24-15-10-23-17-24/h10,15,17-19,27H,1-9,11-14,16H2. The van der Waals surface area contributed by atoms with Crippen LogP contribution in [-0.2, 0) is 16.1 Å². The lowest BCUT2D eigenvalue weighted by atomic mass is 9.72. The molecule has 29 heavy (non-hydrogen) atoms. The van der Waals surface area contributed by atoms with Gasteiger partial charge in [0, 0.05) is 57.5 Å². The molecule has 0 unspecified atom stereocenters. The second-order valence-corrected chi connectivity index (χ2v) is 9.30. The van der Waals surface area contributed by atoms with Gasteiger partial charge in [0.2, 0.25) is 11.8 Å². The Morgan fingerprint density at radius 3 is 2.59 bits per heavy atom. The van der Waals surface area contributed by atoms with E-state index in [4.69, 9.17) is 0 Å². The van der Waals surface area contributed by atoms with Gasteiger partial charge in [0.15, 0.2) is 0 Å². The van der Waals surface area contributed by atoms with Crippen molar-refractivity contribution >= 4 is 11.8 Å². The molecule has 7 heteroatoms. The minimum absolute atomic E-state index is 0.0973. The predicted octanol–water partition coefficient (Wildman–Crippen LogP) is 2.06. The lowest BCUT2D eigenvalue weighted by molar-refractivity contribution is -0.145. The summed E-state index contributed by atoms with van der Waals surface area (Å²) in [4.78, 5) is 33.5. The Balaban J connectivity index is 1.26. The number of rotatable bonds is 5. The number of amides is 2. The summed E-state index contributed by atoms with van der Waals surface area (Å²) in [6, 6.07) is 0. The van der Waals surface area contributed by atoms with Crippen molar-refractivity contribution in [2.45, 2.75) is 70.4 Å². The summed E-state index contributed by atoms with van der Waals surface area (Å²) in [5.41, 5.74) is 0.183. The Bertz CT molecular complexity index is 689. The quantitative estimate of drug-likeness (QED) is 0.818. The molecule has 1 aromatic heterocycles. The minimum Gasteiger partial charge on any atom is -0.393 e. The fourth-order valence-corrected chi connectivity index (χ4v) is 5.36. The first-order valence-electron chi connectivity index (χ1n) is 11.3. The monoisotopic (exact) mass is 402 g/mol. The van der Waals surface area contributed by atoms with Crippen LogP contribution in [-0.4, -0.2) is 68.6 Å². The smallest absolute Gasteiger partial charge is 0.225 e. The third kappa shape index (κ3) is 4.82. The number of carbonyl (C=O) groups excluding carboxylic acids is 2. The maximum Gasteiger partial charge on any atom is 0.225 e. The van der Waals surface area contributed by atoms with Crippen LogP contribution in [0.1, 0.15) is 57.8 Å². The first-order chi connectivity index (χ1) is 14.0. The minimum atomic E-state index is -0.219. The van der Waals surface area contributed by atoms with Crippen LogP contribution < -0.4 is 0 Å². The SMILES string of the molecule is O=C1CCC2(CCN(C(=O)C3CCC(O)CC3)CC2)CN1CCCn1ccnc1. The number of carbonyl (C=O) groups is 2. The Kier molecular flexibility index (Phi) is 6.23. The van der Waals surface area contributed by atoms with E-state index in [0.717, 1.165) is 84.1 Å². The molecule has 2 amide bonds. The Labute approximate surface area is 173 Å². The Morgan fingerprint density at radius 2 is 1.90 bits per heavy atom. The lowest BCUT2D eigenvalue weighted by Crippen LogP contribution is -2.53. The fourth-order valence-electron chi connectivity index (χ4n) is 5.36. The van der Waals surface area contributed by atoms with Crippen LogP contribution in [0.3, 0.4) is 0 Å². The van der Waals surface area contributed by atoms with Gasteiger partial charge in [-0.2, -0.15) is 0 Å². The molecular weight excluding hydrogens is 368 g/mol. The van der Waals surface area contributed by atoms with Crippen LogP contribution in [0.2, 0.25) is 0 Å². The maximum atomic E-state index is 12.9. The summed E-state index contributed by atoms with van der Waals surface area (Å²) in [5, 5.41) is 9.69. The van der Waals surface area contributed by atoms with E-state index in [1.54, 1.807) is 6.20 Å². The van der Waals surface area contributed by atoms with Crippen LogP contribution in [0.4, 0.5) is 0 Å². The van der Waals surface area contributed by atoms with Gasteiger partial charge >= 0.3 is 0 Å². The molecule has 0 atom stereocenters. The van der Waals surface area contributed by atoms with Crippen molar-refractivity contribution in [3.63, 3.8) is 0 Å². The van der Waals surface area contributed by atoms with Crippen molar-refractivity contribution in [1.82, 2.24) is 19.4 Å². The summed E-state index contributed by atoms with van der Waals surface area (Å²) in [7, 11) is 0. The van der Waals surface area contributed by atoms with Gasteiger partial charge in [-0.3, -0.25) is 9.59 Å². The number of nitrogens with zero attached hydrogens (tertiary/aromatic N) is 4. The highest BCUT2D eigenvalue weighted by molar-refractivity contribution is 5.79. The van der Waals surface area contributed by atoms with Gasteiger partial charge in [-0.15, -0.1) is 0 Å². The second-order valence-electron chi connectivity index (χ2n) is 9.30. The molecular formula is C22H34N4O3. The average molecular weight is 403 g/mol. The molecule has 2 aliphatic heterocycles. The fraction of sp³-hybridized carbons (Fsp3) is 0.773. The lowest BCUT2D eigenvalue weighted by Gasteiger charge is -2.48. The van der Waals surface area contributed by atoms with Crippen molar-refractivity contribution in [3.8, 4) is 0 Å². The highest BCUT2D eigenvalue weighted by Gasteiger charge is 2.42. The number of imidazole rings is 1. The molecule has 2 saturated heterocycles. The first-order valence-corrected chi connectivity index (χ1v) is 11.3. The Hall–Kier alpha value is -1.89. The summed E-state index contributed by atoms with van der Waals surface area (Å²) < 4.78 is 2.05. The molecule has 1 spiro atoms. The van der Waals surface area contributed by atoms with Crippen LogP contribution in [0, 0.1) is 11.3 Å². The number of hydrogen-bond donors (Lipinski definition) is 1. The van der Waals surface area contributed by atoms with E-state index in [1.165, 1.54) is 0 Å². The average Bonchev–Trinajstić information content (AvgIpc) is 3.25. The van der Waals surface area contributed by atoms with Gasteiger partial charge in [0.05, 0.1) is 12.4 Å². The molecule has 3 aliphatic rings. The number of hydrogen-bond acceptors (Lipinski definition) is 4. The molecule has 0 aromatic carbocycles. The zero-order valence-electron chi connectivity index (χ0n) is 17.3. The zero-order chi connectivity index (χ0) is 20.3. The van der Waals surface area contributed by atoms with Crippen LogP contribution >= 0.6 is 0 Å². The van der Waals surface area contributed by atoms with E-state index in [9.17, 15) is 14.7 Å². The molecule has 3 heterocycles. The summed E-state index contributed by atoms with van der Waals surface area (Å²) in [6.45, 7) is 4.15. The van der Waals surface area contributed by atoms with Gasteiger partial charge in [0.25, 0.3) is 0 Å². The van der Waals surface area contributed by atoms with Crippen molar-refractivity contribution < 1.29 is 14.7 Å². The van der Waals surface area contributed by atoms with Crippen molar-refractivity contribution in [2.24, 2.45) is 11.3 Å². The van der Waals surface area contributed by atoms with Crippen molar-refractivity contribution in [3.05, 3.63) is 18.7 Å². The summed E-state index contributed by atoms with van der Waals surface area (Å²) >= 11 is 0. The molecule has 160 valence electrons. The molecule has 0 bridgehead atoms. The van der Waals surface area contributed by atoms with Gasteiger partial charge in [-0.1, -0.05) is 0 Å². The normalized spacial score (nSPS) is 27.4. The third-order valence-electron chi connectivity index (χ3n) is 7.33. The number of aliphatic hydroxyl groups is 1. The molecule has 1 aliphatic carbocycles. The molecule has 3 fully saturated rings. The van der Waals surface area contributed by atoms with E-state index in [-0.39, 0.29) is 29.3 Å². The molecule has 7 nitrogen and oxygen atoms in total. The van der Waals surface area contributed by atoms with E-state index in [1.807, 2.05) is 17.4 Å². The molecule has 0 radical (unpaired) electrons. The second kappa shape index (κ2) is 8.86. The van der Waals surface area contributed by atoms with E-state index >= 15 is 0 Å². The zero-order valence-corrected chi connectivity index (χ0v) is 17.3. The van der Waals surface area contributed by atoms with Gasteiger partial charge in [0.1, 0.15) is 0 Å². The number of aliphatic hydroxyl groups excluding tert-OH is 1. The Morgan fingerprint density at radius 1 is 1.14 bits per heavy atom. The van der Waals surface area contributed by atoms with Crippen molar-refractivity contribution in [1.29, 1.82) is 0 Å².